The lowest BCUT2D eigenvalue weighted by Crippen LogP contribution is -2.49. The Bertz CT molecular complexity index is 713. The first kappa shape index (κ1) is 13.7. The molecular weight excluding hydrogens is 280 g/mol. The second-order valence-corrected chi connectivity index (χ2v) is 6.63. The molecule has 116 valence electrons. The van der Waals surface area contributed by atoms with Crippen molar-refractivity contribution in [1.29, 1.82) is 0 Å². The molecule has 6 heteroatoms. The number of fused-ring (bicyclic) bond motifs is 1. The van der Waals surface area contributed by atoms with E-state index in [0.717, 1.165) is 44.2 Å². The Hall–Kier alpha value is -1.95. The van der Waals surface area contributed by atoms with Gasteiger partial charge in [0.05, 0.1) is 6.10 Å². The van der Waals surface area contributed by atoms with Crippen molar-refractivity contribution in [3.8, 4) is 0 Å². The van der Waals surface area contributed by atoms with Crippen LogP contribution in [-0.4, -0.2) is 50.5 Å². The lowest BCUT2D eigenvalue weighted by atomic mass is 9.76. The number of aromatic nitrogens is 3. The van der Waals surface area contributed by atoms with Gasteiger partial charge in [-0.2, -0.15) is 15.4 Å². The van der Waals surface area contributed by atoms with E-state index in [1.54, 1.807) is 12.1 Å². The van der Waals surface area contributed by atoms with Crippen LogP contribution in [0.2, 0.25) is 0 Å². The summed E-state index contributed by atoms with van der Waals surface area (Å²) >= 11 is 0. The van der Waals surface area contributed by atoms with E-state index in [-0.39, 0.29) is 17.4 Å². The maximum absolute atomic E-state index is 12.8. The highest BCUT2D eigenvalue weighted by Gasteiger charge is 2.45. The molecule has 1 spiro atoms. The van der Waals surface area contributed by atoms with Crippen LogP contribution in [0, 0.1) is 5.41 Å². The van der Waals surface area contributed by atoms with Crippen molar-refractivity contribution in [3.63, 3.8) is 0 Å². The molecule has 0 bridgehead atoms. The Labute approximate surface area is 128 Å². The summed E-state index contributed by atoms with van der Waals surface area (Å²) in [5.74, 6) is 0.0306. The second-order valence-electron chi connectivity index (χ2n) is 6.63. The van der Waals surface area contributed by atoms with Gasteiger partial charge in [-0.15, -0.1) is 0 Å². The molecule has 4 rings (SSSR count). The number of likely N-dealkylation sites (tertiary alicyclic amines) is 1. The van der Waals surface area contributed by atoms with Gasteiger partial charge in [0.25, 0.3) is 5.91 Å². The highest BCUT2D eigenvalue weighted by Crippen LogP contribution is 2.45. The van der Waals surface area contributed by atoms with Gasteiger partial charge in [-0.25, -0.2) is 0 Å². The first-order chi connectivity index (χ1) is 10.7. The third-order valence-electron chi connectivity index (χ3n) is 5.32. The van der Waals surface area contributed by atoms with Crippen molar-refractivity contribution < 1.29 is 9.90 Å². The summed E-state index contributed by atoms with van der Waals surface area (Å²) in [5, 5.41) is 20.9. The Morgan fingerprint density at radius 1 is 1.27 bits per heavy atom. The Morgan fingerprint density at radius 3 is 2.91 bits per heavy atom. The van der Waals surface area contributed by atoms with Crippen LogP contribution in [0.3, 0.4) is 0 Å². The molecule has 1 amide bonds. The van der Waals surface area contributed by atoms with Crippen LogP contribution in [0.4, 0.5) is 0 Å². The molecule has 2 aliphatic rings. The van der Waals surface area contributed by atoms with Crippen molar-refractivity contribution in [2.24, 2.45) is 5.41 Å². The maximum atomic E-state index is 12.8. The predicted molar refractivity (Wildman–Crippen MR) is 81.3 cm³/mol. The number of H-pyrrole nitrogens is 1. The minimum absolute atomic E-state index is 0.0306. The second kappa shape index (κ2) is 5.05. The van der Waals surface area contributed by atoms with Crippen molar-refractivity contribution in [2.45, 2.75) is 38.2 Å². The molecule has 1 aromatic carbocycles. The number of aliphatic hydroxyl groups is 1. The van der Waals surface area contributed by atoms with Crippen molar-refractivity contribution in [1.82, 2.24) is 20.3 Å². The minimum atomic E-state index is -0.263. The Morgan fingerprint density at radius 2 is 2.09 bits per heavy atom. The van der Waals surface area contributed by atoms with E-state index in [4.69, 9.17) is 0 Å². The molecule has 1 saturated carbocycles. The highest BCUT2D eigenvalue weighted by atomic mass is 16.3. The molecule has 2 atom stereocenters. The first-order valence-electron chi connectivity index (χ1n) is 7.96. The normalized spacial score (nSPS) is 28.6. The van der Waals surface area contributed by atoms with Crippen LogP contribution in [0.15, 0.2) is 18.2 Å². The molecule has 2 heterocycles. The summed E-state index contributed by atoms with van der Waals surface area (Å²) in [6.07, 6.45) is 4.69. The average molecular weight is 300 g/mol. The molecule has 22 heavy (non-hydrogen) atoms. The first-order valence-corrected chi connectivity index (χ1v) is 7.96. The van der Waals surface area contributed by atoms with E-state index < -0.39 is 0 Å². The third kappa shape index (κ3) is 2.09. The number of benzene rings is 1. The summed E-state index contributed by atoms with van der Waals surface area (Å²) in [5.41, 5.74) is 2.04. The van der Waals surface area contributed by atoms with Crippen LogP contribution in [0.1, 0.15) is 42.5 Å². The minimum Gasteiger partial charge on any atom is -0.392 e. The summed E-state index contributed by atoms with van der Waals surface area (Å²) in [6.45, 7) is 1.44. The fraction of sp³-hybridized carbons (Fsp3) is 0.562. The van der Waals surface area contributed by atoms with Crippen molar-refractivity contribution >= 4 is 16.9 Å². The number of hydrogen-bond acceptors (Lipinski definition) is 4. The fourth-order valence-electron chi connectivity index (χ4n) is 4.09. The van der Waals surface area contributed by atoms with Gasteiger partial charge in [-0.3, -0.25) is 4.79 Å². The average Bonchev–Trinajstić information content (AvgIpc) is 3.14. The van der Waals surface area contributed by atoms with Crippen molar-refractivity contribution in [2.75, 3.05) is 13.1 Å². The van der Waals surface area contributed by atoms with E-state index in [9.17, 15) is 9.90 Å². The molecule has 2 aromatic rings. The summed E-state index contributed by atoms with van der Waals surface area (Å²) < 4.78 is 0. The SMILES string of the molecule is O=C(c1ccc2n[nH]nc2c1)N1CCC[C@@]2(CCC[C@H]2O)C1. The molecule has 1 aliphatic heterocycles. The van der Waals surface area contributed by atoms with E-state index in [1.807, 2.05) is 11.0 Å². The van der Waals surface area contributed by atoms with Gasteiger partial charge in [0.15, 0.2) is 0 Å². The number of amides is 1. The van der Waals surface area contributed by atoms with Gasteiger partial charge in [-0.1, -0.05) is 6.42 Å². The van der Waals surface area contributed by atoms with E-state index in [1.165, 1.54) is 0 Å². The van der Waals surface area contributed by atoms with Crippen LogP contribution < -0.4 is 0 Å². The number of carbonyl (C=O) groups excluding carboxylic acids is 1. The lowest BCUT2D eigenvalue weighted by molar-refractivity contribution is -0.00535. The Balaban J connectivity index is 1.59. The molecule has 2 fully saturated rings. The van der Waals surface area contributed by atoms with Crippen molar-refractivity contribution in [3.05, 3.63) is 23.8 Å². The molecule has 1 saturated heterocycles. The topological polar surface area (TPSA) is 82.1 Å². The highest BCUT2D eigenvalue weighted by molar-refractivity contribution is 5.97. The number of nitrogens with one attached hydrogen (secondary N) is 1. The maximum Gasteiger partial charge on any atom is 0.253 e. The van der Waals surface area contributed by atoms with E-state index >= 15 is 0 Å². The number of hydrogen-bond donors (Lipinski definition) is 2. The van der Waals surface area contributed by atoms with Gasteiger partial charge in [0, 0.05) is 24.1 Å². The zero-order valence-electron chi connectivity index (χ0n) is 12.5. The standard InChI is InChI=1S/C16H20N4O2/c21-14-3-1-6-16(14)7-2-8-20(10-16)15(22)11-4-5-12-13(9-11)18-19-17-12/h4-5,9,14,21H,1-3,6-8,10H2,(H,17,18,19)/t14-,16+/m1/s1. The number of rotatable bonds is 1. The predicted octanol–water partition coefficient (Wildman–Crippen LogP) is 1.73. The van der Waals surface area contributed by atoms with Gasteiger partial charge < -0.3 is 10.0 Å². The summed E-state index contributed by atoms with van der Waals surface area (Å²) in [7, 11) is 0. The smallest absolute Gasteiger partial charge is 0.253 e. The van der Waals surface area contributed by atoms with E-state index in [0.29, 0.717) is 17.6 Å². The van der Waals surface area contributed by atoms with Gasteiger partial charge in [0.2, 0.25) is 0 Å². The van der Waals surface area contributed by atoms with Gasteiger partial charge in [-0.05, 0) is 43.9 Å². The third-order valence-corrected chi connectivity index (χ3v) is 5.32. The van der Waals surface area contributed by atoms with E-state index in [2.05, 4.69) is 15.4 Å². The zero-order chi connectivity index (χ0) is 15.2. The fourth-order valence-corrected chi connectivity index (χ4v) is 4.09. The quantitative estimate of drug-likeness (QED) is 0.840. The molecule has 0 unspecified atom stereocenters. The van der Waals surface area contributed by atoms with Crippen LogP contribution in [0.25, 0.3) is 11.0 Å². The molecule has 1 aromatic heterocycles. The molecule has 6 nitrogen and oxygen atoms in total. The van der Waals surface area contributed by atoms with Crippen LogP contribution in [0.5, 0.6) is 0 Å². The molecule has 2 N–H and O–H groups in total. The molecule has 0 radical (unpaired) electrons. The van der Waals surface area contributed by atoms with Crippen LogP contribution >= 0.6 is 0 Å². The number of aliphatic hydroxyl groups excluding tert-OH is 1. The zero-order valence-corrected chi connectivity index (χ0v) is 12.5. The Kier molecular flexibility index (Phi) is 3.14. The molecule has 1 aliphatic carbocycles. The number of piperidine rings is 1. The number of carbonyl (C=O) groups is 1. The number of aromatic amines is 1. The monoisotopic (exact) mass is 300 g/mol. The number of nitrogens with zero attached hydrogens (tertiary/aromatic N) is 3. The summed E-state index contributed by atoms with van der Waals surface area (Å²) in [6, 6.07) is 5.41. The largest absolute Gasteiger partial charge is 0.392 e. The lowest BCUT2D eigenvalue weighted by Gasteiger charge is -2.42. The van der Waals surface area contributed by atoms with Gasteiger partial charge >= 0.3 is 0 Å². The van der Waals surface area contributed by atoms with Crippen LogP contribution in [-0.2, 0) is 0 Å². The molecular formula is C16H20N4O2. The summed E-state index contributed by atoms with van der Waals surface area (Å²) in [4.78, 5) is 14.7. The van der Waals surface area contributed by atoms with Gasteiger partial charge in [0.1, 0.15) is 11.0 Å².